The Morgan fingerprint density at radius 3 is 2.14 bits per heavy atom. The molecule has 0 aromatic heterocycles. The molecule has 224 valence electrons. The van der Waals surface area contributed by atoms with Gasteiger partial charge in [0.2, 0.25) is 11.8 Å². The molecule has 0 radical (unpaired) electrons. The van der Waals surface area contributed by atoms with E-state index in [2.05, 4.69) is 5.32 Å². The van der Waals surface area contributed by atoms with Crippen molar-refractivity contribution in [2.24, 2.45) is 0 Å². The zero-order valence-electron chi connectivity index (χ0n) is 24.1. The number of hydrogen-bond donors (Lipinski definition) is 1. The Labute approximate surface area is 258 Å². The monoisotopic (exact) mass is 629 g/mol. The number of rotatable bonds is 10. The maximum atomic E-state index is 14.2. The van der Waals surface area contributed by atoms with Crippen molar-refractivity contribution in [3.63, 3.8) is 0 Å². The smallest absolute Gasteiger partial charge is 0.264 e. The number of aryl methyl sites for hydroxylation is 2. The SMILES string of the molecule is Cc1ccc(S(=O)(=O)N(CC(=O)N(Cc2c(Cl)cccc2Cl)[C@H](C)C(=O)NC2CCCCC2)c2ccccc2C)cc1. The topological polar surface area (TPSA) is 86.8 Å². The highest BCUT2D eigenvalue weighted by molar-refractivity contribution is 7.92. The standard InChI is InChI=1S/C32H37Cl2N3O4S/c1-22-16-18-26(19-17-22)42(40,41)37(30-15-8-7-10-23(30)2)21-31(38)36(20-27-28(33)13-9-14-29(27)34)24(3)32(39)35-25-11-5-4-6-12-25/h7-10,13-19,24-25H,4-6,11-12,20-21H2,1-3H3,(H,35,39)/t24-/m1/s1. The quantitative estimate of drug-likeness (QED) is 0.271. The first-order valence-corrected chi connectivity index (χ1v) is 16.4. The fraction of sp³-hybridized carbons (Fsp3) is 0.375. The largest absolute Gasteiger partial charge is 0.352 e. The van der Waals surface area contributed by atoms with Gasteiger partial charge in [0.05, 0.1) is 10.6 Å². The van der Waals surface area contributed by atoms with Gasteiger partial charge in [-0.3, -0.25) is 13.9 Å². The van der Waals surface area contributed by atoms with Gasteiger partial charge in [-0.15, -0.1) is 0 Å². The molecule has 1 aliphatic carbocycles. The average molecular weight is 631 g/mol. The highest BCUT2D eigenvalue weighted by Crippen LogP contribution is 2.30. The third-order valence-corrected chi connectivity index (χ3v) is 10.3. The number of amides is 2. The molecule has 1 aliphatic rings. The van der Waals surface area contributed by atoms with Gasteiger partial charge in [-0.05, 0) is 69.5 Å². The molecule has 0 heterocycles. The second-order valence-corrected chi connectivity index (χ2v) is 13.5. The molecule has 3 aromatic rings. The summed E-state index contributed by atoms with van der Waals surface area (Å²) in [6.07, 6.45) is 5.00. The molecular formula is C32H37Cl2N3O4S. The zero-order chi connectivity index (χ0) is 30.4. The zero-order valence-corrected chi connectivity index (χ0v) is 26.5. The van der Waals surface area contributed by atoms with E-state index in [0.717, 1.165) is 42.0 Å². The first kappa shape index (κ1) is 31.9. The second kappa shape index (κ2) is 13.9. The number of para-hydroxylation sites is 1. The van der Waals surface area contributed by atoms with Crippen LogP contribution >= 0.6 is 23.2 Å². The summed E-state index contributed by atoms with van der Waals surface area (Å²) in [4.78, 5) is 29.1. The molecule has 0 spiro atoms. The number of anilines is 1. The molecule has 1 saturated carbocycles. The maximum Gasteiger partial charge on any atom is 0.264 e. The number of carbonyl (C=O) groups is 2. The number of benzene rings is 3. The molecule has 0 saturated heterocycles. The summed E-state index contributed by atoms with van der Waals surface area (Å²) < 4.78 is 29.2. The lowest BCUT2D eigenvalue weighted by Gasteiger charge is -2.34. The molecule has 10 heteroatoms. The minimum atomic E-state index is -4.15. The van der Waals surface area contributed by atoms with E-state index in [1.165, 1.54) is 17.0 Å². The lowest BCUT2D eigenvalue weighted by atomic mass is 9.95. The van der Waals surface area contributed by atoms with Gasteiger partial charge >= 0.3 is 0 Å². The van der Waals surface area contributed by atoms with E-state index < -0.39 is 28.5 Å². The van der Waals surface area contributed by atoms with Crippen LogP contribution in [0, 0.1) is 13.8 Å². The van der Waals surface area contributed by atoms with Crippen molar-refractivity contribution in [2.45, 2.75) is 76.4 Å². The molecule has 0 unspecified atom stereocenters. The van der Waals surface area contributed by atoms with Crippen molar-refractivity contribution in [2.75, 3.05) is 10.8 Å². The number of halogens is 2. The van der Waals surface area contributed by atoms with Crippen molar-refractivity contribution >= 4 is 50.7 Å². The Balaban J connectivity index is 1.72. The van der Waals surface area contributed by atoms with Crippen LogP contribution in [-0.4, -0.2) is 43.8 Å². The van der Waals surface area contributed by atoms with Crippen molar-refractivity contribution in [1.29, 1.82) is 0 Å². The van der Waals surface area contributed by atoms with E-state index in [0.29, 0.717) is 26.9 Å². The van der Waals surface area contributed by atoms with E-state index in [-0.39, 0.29) is 23.4 Å². The van der Waals surface area contributed by atoms with Gasteiger partial charge in [-0.2, -0.15) is 0 Å². The van der Waals surface area contributed by atoms with Crippen molar-refractivity contribution in [3.05, 3.63) is 93.5 Å². The number of sulfonamides is 1. The van der Waals surface area contributed by atoms with E-state index in [4.69, 9.17) is 23.2 Å². The molecule has 1 N–H and O–H groups in total. The van der Waals surface area contributed by atoms with Crippen LogP contribution in [0.3, 0.4) is 0 Å². The molecule has 1 fully saturated rings. The lowest BCUT2D eigenvalue weighted by molar-refractivity contribution is -0.139. The predicted octanol–water partition coefficient (Wildman–Crippen LogP) is 6.67. The number of nitrogens with one attached hydrogen (secondary N) is 1. The highest BCUT2D eigenvalue weighted by atomic mass is 35.5. The fourth-order valence-electron chi connectivity index (χ4n) is 5.20. The summed E-state index contributed by atoms with van der Waals surface area (Å²) in [5, 5.41) is 3.79. The predicted molar refractivity (Wildman–Crippen MR) is 168 cm³/mol. The van der Waals surface area contributed by atoms with Gasteiger partial charge in [-0.25, -0.2) is 8.42 Å². The van der Waals surface area contributed by atoms with Crippen LogP contribution in [0.25, 0.3) is 0 Å². The molecule has 3 aromatic carbocycles. The Bertz CT molecular complexity index is 1500. The summed E-state index contributed by atoms with van der Waals surface area (Å²) in [5.74, 6) is -0.863. The molecular weight excluding hydrogens is 593 g/mol. The maximum absolute atomic E-state index is 14.2. The number of hydrogen-bond acceptors (Lipinski definition) is 4. The Hall–Kier alpha value is -3.07. The lowest BCUT2D eigenvalue weighted by Crippen LogP contribution is -2.53. The van der Waals surface area contributed by atoms with Gasteiger partial charge in [0, 0.05) is 28.2 Å². The minimum absolute atomic E-state index is 0.0416. The van der Waals surface area contributed by atoms with Crippen LogP contribution in [-0.2, 0) is 26.2 Å². The van der Waals surface area contributed by atoms with Gasteiger partial charge in [0.1, 0.15) is 12.6 Å². The average Bonchev–Trinajstić information content (AvgIpc) is 2.96. The molecule has 4 rings (SSSR count). The molecule has 0 aliphatic heterocycles. The van der Waals surface area contributed by atoms with Gasteiger partial charge in [-0.1, -0.05) is 84.4 Å². The summed E-state index contributed by atoms with van der Waals surface area (Å²) >= 11 is 13.0. The molecule has 1 atom stereocenters. The van der Waals surface area contributed by atoms with Crippen molar-refractivity contribution < 1.29 is 18.0 Å². The molecule has 0 bridgehead atoms. The van der Waals surface area contributed by atoms with Gasteiger partial charge in [0.15, 0.2) is 0 Å². The Kier molecular flexibility index (Phi) is 10.6. The van der Waals surface area contributed by atoms with Gasteiger partial charge < -0.3 is 10.2 Å². The van der Waals surface area contributed by atoms with Crippen LogP contribution in [0.5, 0.6) is 0 Å². The van der Waals surface area contributed by atoms with Crippen molar-refractivity contribution in [3.8, 4) is 0 Å². The van der Waals surface area contributed by atoms with E-state index in [9.17, 15) is 18.0 Å². The van der Waals surface area contributed by atoms with Crippen LogP contribution in [0.15, 0.2) is 71.6 Å². The van der Waals surface area contributed by atoms with E-state index >= 15 is 0 Å². The first-order valence-electron chi connectivity index (χ1n) is 14.2. The normalized spacial score (nSPS) is 14.7. The molecule has 7 nitrogen and oxygen atoms in total. The third-order valence-electron chi connectivity index (χ3n) is 7.78. The summed E-state index contributed by atoms with van der Waals surface area (Å²) in [6, 6.07) is 17.7. The minimum Gasteiger partial charge on any atom is -0.352 e. The van der Waals surface area contributed by atoms with Crippen LogP contribution in [0.2, 0.25) is 10.0 Å². The Morgan fingerprint density at radius 2 is 1.52 bits per heavy atom. The van der Waals surface area contributed by atoms with E-state index in [1.807, 2.05) is 6.92 Å². The number of carbonyl (C=O) groups excluding carboxylic acids is 2. The van der Waals surface area contributed by atoms with Crippen LogP contribution in [0.1, 0.15) is 55.7 Å². The van der Waals surface area contributed by atoms with Crippen LogP contribution < -0.4 is 9.62 Å². The summed E-state index contributed by atoms with van der Waals surface area (Å²) in [5.41, 5.74) is 2.45. The number of nitrogens with zero attached hydrogens (tertiary/aromatic N) is 2. The van der Waals surface area contributed by atoms with Crippen molar-refractivity contribution in [1.82, 2.24) is 10.2 Å². The third kappa shape index (κ3) is 7.46. The first-order chi connectivity index (χ1) is 20.0. The fourth-order valence-corrected chi connectivity index (χ4v) is 7.19. The summed E-state index contributed by atoms with van der Waals surface area (Å²) in [7, 11) is -4.15. The second-order valence-electron chi connectivity index (χ2n) is 10.9. The molecule has 2 amide bonds. The summed E-state index contributed by atoms with van der Waals surface area (Å²) in [6.45, 7) is 4.72. The van der Waals surface area contributed by atoms with E-state index in [1.54, 1.807) is 68.4 Å². The van der Waals surface area contributed by atoms with Crippen LogP contribution in [0.4, 0.5) is 5.69 Å². The Morgan fingerprint density at radius 1 is 0.905 bits per heavy atom. The molecule has 42 heavy (non-hydrogen) atoms. The highest BCUT2D eigenvalue weighted by Gasteiger charge is 2.34. The van der Waals surface area contributed by atoms with Gasteiger partial charge in [0.25, 0.3) is 10.0 Å².